The minimum atomic E-state index is -0.612. The van der Waals surface area contributed by atoms with Gasteiger partial charge in [-0.25, -0.2) is 0 Å². The van der Waals surface area contributed by atoms with Crippen molar-refractivity contribution in [2.24, 2.45) is 0 Å². The minimum Gasteiger partial charge on any atom is -0.462 e. The first kappa shape index (κ1) is 60.3. The fourth-order valence-corrected chi connectivity index (χ4v) is 6.69. The lowest BCUT2D eigenvalue weighted by Gasteiger charge is -2.18. The Hall–Kier alpha value is -3.70. The van der Waals surface area contributed by atoms with Crippen molar-refractivity contribution in [3.05, 3.63) is 122 Å². The van der Waals surface area contributed by atoms with Crippen LogP contribution in [0.25, 0.3) is 0 Å². The fourth-order valence-electron chi connectivity index (χ4n) is 6.69. The monoisotopic (exact) mass is 885 g/mol. The van der Waals surface area contributed by atoms with Crippen LogP contribution in [0.5, 0.6) is 0 Å². The molecule has 0 aliphatic rings. The summed E-state index contributed by atoms with van der Waals surface area (Å²) in [5.74, 6) is -0.581. The molecule has 0 spiro atoms. The number of rotatable bonds is 46. The van der Waals surface area contributed by atoms with E-state index in [0.717, 1.165) is 103 Å². The van der Waals surface area contributed by atoms with Gasteiger partial charge in [0.1, 0.15) is 6.61 Å². The number of ether oxygens (including phenoxy) is 3. The van der Waals surface area contributed by atoms with Gasteiger partial charge in [0.25, 0.3) is 0 Å². The number of carbonyl (C=O) groups is 2. The van der Waals surface area contributed by atoms with Gasteiger partial charge in [0, 0.05) is 13.0 Å². The van der Waals surface area contributed by atoms with Crippen molar-refractivity contribution in [2.75, 3.05) is 19.8 Å². The molecule has 0 saturated heterocycles. The number of hydrogen-bond donors (Lipinski definition) is 0. The zero-order valence-corrected chi connectivity index (χ0v) is 41.5. The van der Waals surface area contributed by atoms with Crippen molar-refractivity contribution in [3.63, 3.8) is 0 Å². The standard InChI is InChI=1S/C59H96O5/c1-4-7-10-13-16-19-22-25-28-30-32-34-37-40-43-46-49-52-58(60)63-56-57(55-62-54-51-48-45-42-39-36-33-29-26-23-20-17-14-11-8-5-2)64-59(61)53-50-47-44-41-38-35-31-27-24-21-18-15-12-9-6-3/h7,9-10,12,16,18-19,21,25-29,31-32,34,38,41,47,50,57H,4-6,8,11,13-15,17,20,22-24,30,33,35-37,39-40,42-46,48-49,51-56H2,1-3H3/b10-7-,12-9-,19-16-,21-18-,28-25-,29-26-,31-27-,34-32-,41-38-,50-47-. The first-order chi connectivity index (χ1) is 31.6. The molecule has 0 aromatic heterocycles. The SMILES string of the molecule is CC/C=C\C/C=C\C/C=C\C/C=C\C/C=C\CC(=O)OC(COCCCCCCCC/C=C\CCCCCCCC)COC(=O)CCCCCC/C=C\C/C=C\C/C=C\C/C=C\CC. The molecule has 362 valence electrons. The van der Waals surface area contributed by atoms with Crippen LogP contribution in [-0.2, 0) is 23.8 Å². The second-order valence-corrected chi connectivity index (χ2v) is 16.7. The number of hydrogen-bond acceptors (Lipinski definition) is 5. The Morgan fingerprint density at radius 1 is 0.375 bits per heavy atom. The van der Waals surface area contributed by atoms with E-state index in [1.807, 2.05) is 12.2 Å². The van der Waals surface area contributed by atoms with Gasteiger partial charge in [-0.15, -0.1) is 0 Å². The summed E-state index contributed by atoms with van der Waals surface area (Å²) >= 11 is 0. The van der Waals surface area contributed by atoms with Crippen LogP contribution < -0.4 is 0 Å². The van der Waals surface area contributed by atoms with Crippen molar-refractivity contribution in [1.82, 2.24) is 0 Å². The van der Waals surface area contributed by atoms with Gasteiger partial charge in [-0.3, -0.25) is 9.59 Å². The van der Waals surface area contributed by atoms with Crippen LogP contribution in [0.4, 0.5) is 0 Å². The predicted molar refractivity (Wildman–Crippen MR) is 279 cm³/mol. The summed E-state index contributed by atoms with van der Waals surface area (Å²) in [5.41, 5.74) is 0. The van der Waals surface area contributed by atoms with Gasteiger partial charge in [-0.2, -0.15) is 0 Å². The molecule has 0 heterocycles. The third kappa shape index (κ3) is 50.9. The summed E-state index contributed by atoms with van der Waals surface area (Å²) in [6.07, 6.45) is 75.2. The summed E-state index contributed by atoms with van der Waals surface area (Å²) in [4.78, 5) is 25.4. The van der Waals surface area contributed by atoms with E-state index in [2.05, 4.69) is 130 Å². The van der Waals surface area contributed by atoms with E-state index >= 15 is 0 Å². The van der Waals surface area contributed by atoms with Crippen LogP contribution >= 0.6 is 0 Å². The molecule has 1 atom stereocenters. The lowest BCUT2D eigenvalue weighted by Crippen LogP contribution is -2.29. The van der Waals surface area contributed by atoms with Gasteiger partial charge < -0.3 is 14.2 Å². The van der Waals surface area contributed by atoms with Gasteiger partial charge in [-0.1, -0.05) is 213 Å². The Labute approximate surface area is 395 Å². The Balaban J connectivity index is 4.47. The zero-order valence-electron chi connectivity index (χ0n) is 41.5. The van der Waals surface area contributed by atoms with E-state index < -0.39 is 6.10 Å². The van der Waals surface area contributed by atoms with Crippen molar-refractivity contribution < 1.29 is 23.8 Å². The molecule has 64 heavy (non-hydrogen) atoms. The van der Waals surface area contributed by atoms with Gasteiger partial charge >= 0.3 is 11.9 Å². The van der Waals surface area contributed by atoms with E-state index in [4.69, 9.17) is 14.2 Å². The number of carbonyl (C=O) groups excluding carboxylic acids is 2. The molecule has 1 unspecified atom stereocenters. The molecule has 0 fully saturated rings. The average Bonchev–Trinajstić information content (AvgIpc) is 3.30. The second-order valence-electron chi connectivity index (χ2n) is 16.7. The molecule has 0 saturated carbocycles. The van der Waals surface area contributed by atoms with Crippen molar-refractivity contribution in [3.8, 4) is 0 Å². The molecule has 0 aliphatic heterocycles. The van der Waals surface area contributed by atoms with E-state index in [-0.39, 0.29) is 31.6 Å². The molecule has 5 nitrogen and oxygen atoms in total. The second kappa shape index (κ2) is 53.6. The maximum absolute atomic E-state index is 12.7. The highest BCUT2D eigenvalue weighted by atomic mass is 16.6. The summed E-state index contributed by atoms with van der Waals surface area (Å²) in [6, 6.07) is 0. The molecule has 0 rings (SSSR count). The summed E-state index contributed by atoms with van der Waals surface area (Å²) in [5, 5.41) is 0. The summed E-state index contributed by atoms with van der Waals surface area (Å²) in [7, 11) is 0. The highest BCUT2D eigenvalue weighted by Gasteiger charge is 2.17. The van der Waals surface area contributed by atoms with Gasteiger partial charge in [0.15, 0.2) is 6.10 Å². The van der Waals surface area contributed by atoms with Crippen LogP contribution in [0.15, 0.2) is 122 Å². The topological polar surface area (TPSA) is 61.8 Å². The Morgan fingerprint density at radius 2 is 0.750 bits per heavy atom. The largest absolute Gasteiger partial charge is 0.462 e. The lowest BCUT2D eigenvalue weighted by molar-refractivity contribution is -0.162. The van der Waals surface area contributed by atoms with Crippen molar-refractivity contribution in [2.45, 2.75) is 219 Å². The van der Waals surface area contributed by atoms with Gasteiger partial charge in [-0.05, 0) is 109 Å². The number of unbranched alkanes of at least 4 members (excludes halogenated alkanes) is 16. The molecule has 0 aliphatic carbocycles. The van der Waals surface area contributed by atoms with Gasteiger partial charge in [0.2, 0.25) is 0 Å². The molecule has 0 aromatic rings. The third-order valence-corrected chi connectivity index (χ3v) is 10.5. The minimum absolute atomic E-state index is 0.0233. The van der Waals surface area contributed by atoms with Gasteiger partial charge in [0.05, 0.1) is 13.0 Å². The normalized spacial score (nSPS) is 13.2. The number of allylic oxidation sites excluding steroid dienone is 19. The first-order valence-electron chi connectivity index (χ1n) is 26.1. The molecule has 0 amide bonds. The molecular formula is C59H96O5. The highest BCUT2D eigenvalue weighted by molar-refractivity contribution is 5.71. The predicted octanol–water partition coefficient (Wildman–Crippen LogP) is 17.8. The average molecular weight is 885 g/mol. The first-order valence-corrected chi connectivity index (χ1v) is 26.1. The molecule has 0 N–H and O–H groups in total. The quantitative estimate of drug-likeness (QED) is 0.0346. The van der Waals surface area contributed by atoms with E-state index in [0.29, 0.717) is 13.0 Å². The Bertz CT molecular complexity index is 1320. The van der Waals surface area contributed by atoms with Crippen molar-refractivity contribution >= 4 is 11.9 Å². The molecule has 0 aromatic carbocycles. The van der Waals surface area contributed by atoms with E-state index in [1.165, 1.54) is 77.0 Å². The van der Waals surface area contributed by atoms with E-state index in [9.17, 15) is 9.59 Å². The molecule has 5 heteroatoms. The Morgan fingerprint density at radius 3 is 1.22 bits per heavy atom. The van der Waals surface area contributed by atoms with Crippen LogP contribution in [0, 0.1) is 0 Å². The molecule has 0 radical (unpaired) electrons. The number of esters is 2. The third-order valence-electron chi connectivity index (χ3n) is 10.5. The van der Waals surface area contributed by atoms with Crippen LogP contribution in [0.3, 0.4) is 0 Å². The smallest absolute Gasteiger partial charge is 0.310 e. The van der Waals surface area contributed by atoms with Crippen molar-refractivity contribution in [1.29, 1.82) is 0 Å². The van der Waals surface area contributed by atoms with Crippen LogP contribution in [-0.4, -0.2) is 37.9 Å². The highest BCUT2D eigenvalue weighted by Crippen LogP contribution is 2.12. The fraction of sp³-hybridized carbons (Fsp3) is 0.627. The van der Waals surface area contributed by atoms with Crippen LogP contribution in [0.1, 0.15) is 213 Å². The summed E-state index contributed by atoms with van der Waals surface area (Å²) < 4.78 is 17.3. The maximum Gasteiger partial charge on any atom is 0.310 e. The molecule has 0 bridgehead atoms. The molecular weight excluding hydrogens is 789 g/mol. The zero-order chi connectivity index (χ0) is 46.3. The lowest BCUT2D eigenvalue weighted by atomic mass is 10.1. The van der Waals surface area contributed by atoms with Crippen LogP contribution in [0.2, 0.25) is 0 Å². The summed E-state index contributed by atoms with van der Waals surface area (Å²) in [6.45, 7) is 7.44. The van der Waals surface area contributed by atoms with E-state index in [1.54, 1.807) is 0 Å². The Kier molecular flexibility index (Phi) is 50.5. The maximum atomic E-state index is 12.7.